The monoisotopic (exact) mass is 319 g/mol. The zero-order valence-corrected chi connectivity index (χ0v) is 12.1. The molecule has 0 aliphatic rings. The Bertz CT molecular complexity index is 686. The molecule has 90 valence electrons. The first-order chi connectivity index (χ1) is 8.75. The fraction of sp³-hybridized carbons (Fsp3) is 0.0714. The van der Waals surface area contributed by atoms with E-state index in [0.29, 0.717) is 0 Å². The lowest BCUT2D eigenvalue weighted by molar-refractivity contribution is 0.580. The second-order valence-electron chi connectivity index (χ2n) is 3.95. The standard InChI is InChI=1S/C14H10BrNOS/c1-9-6-7-17-13(9)14-16-12(8-18-14)10-4-2-3-5-11(10)15/h2-8H,1H3. The number of thiazole rings is 1. The molecule has 0 fully saturated rings. The smallest absolute Gasteiger partial charge is 0.165 e. The van der Waals surface area contributed by atoms with Gasteiger partial charge in [0.25, 0.3) is 0 Å². The second kappa shape index (κ2) is 4.71. The number of aryl methyl sites for hydroxylation is 1. The Morgan fingerprint density at radius 3 is 2.78 bits per heavy atom. The third-order valence-electron chi connectivity index (χ3n) is 2.71. The third-order valence-corrected chi connectivity index (χ3v) is 4.24. The first kappa shape index (κ1) is 11.7. The SMILES string of the molecule is Cc1ccoc1-c1nc(-c2ccccc2Br)cs1. The molecule has 0 aliphatic carbocycles. The van der Waals surface area contributed by atoms with Gasteiger partial charge in [0.05, 0.1) is 12.0 Å². The van der Waals surface area contributed by atoms with Gasteiger partial charge in [-0.25, -0.2) is 4.98 Å². The molecule has 0 saturated carbocycles. The lowest BCUT2D eigenvalue weighted by atomic mass is 10.2. The Morgan fingerprint density at radius 2 is 2.06 bits per heavy atom. The number of furan rings is 1. The maximum atomic E-state index is 5.47. The van der Waals surface area contributed by atoms with Crippen molar-refractivity contribution in [2.45, 2.75) is 6.92 Å². The quantitative estimate of drug-likeness (QED) is 0.653. The van der Waals surface area contributed by atoms with Crippen LogP contribution in [0.4, 0.5) is 0 Å². The van der Waals surface area contributed by atoms with Crippen LogP contribution in [0.5, 0.6) is 0 Å². The molecule has 0 spiro atoms. The number of aromatic nitrogens is 1. The Kier molecular flexibility index (Phi) is 3.06. The number of rotatable bonds is 2. The Balaban J connectivity index is 2.05. The van der Waals surface area contributed by atoms with Gasteiger partial charge in [-0.15, -0.1) is 11.3 Å². The topological polar surface area (TPSA) is 26.0 Å². The van der Waals surface area contributed by atoms with E-state index in [1.165, 1.54) is 0 Å². The predicted molar refractivity (Wildman–Crippen MR) is 77.7 cm³/mol. The minimum Gasteiger partial charge on any atom is -0.462 e. The molecule has 0 unspecified atom stereocenters. The van der Waals surface area contributed by atoms with Crippen LogP contribution in [0.15, 0.2) is 50.9 Å². The van der Waals surface area contributed by atoms with Crippen LogP contribution < -0.4 is 0 Å². The fourth-order valence-electron chi connectivity index (χ4n) is 1.76. The van der Waals surface area contributed by atoms with Gasteiger partial charge in [0.1, 0.15) is 0 Å². The van der Waals surface area contributed by atoms with E-state index < -0.39 is 0 Å². The number of hydrogen-bond acceptors (Lipinski definition) is 3. The number of hydrogen-bond donors (Lipinski definition) is 0. The molecule has 0 bridgehead atoms. The van der Waals surface area contributed by atoms with Crippen molar-refractivity contribution in [3.63, 3.8) is 0 Å². The summed E-state index contributed by atoms with van der Waals surface area (Å²) in [5.74, 6) is 0.860. The zero-order chi connectivity index (χ0) is 12.5. The molecule has 4 heteroatoms. The van der Waals surface area contributed by atoms with Gasteiger partial charge in [0, 0.05) is 15.4 Å². The highest BCUT2D eigenvalue weighted by Gasteiger charge is 2.12. The van der Waals surface area contributed by atoms with E-state index in [9.17, 15) is 0 Å². The molecular weight excluding hydrogens is 310 g/mol. The normalized spacial score (nSPS) is 10.8. The minimum atomic E-state index is 0.860. The second-order valence-corrected chi connectivity index (χ2v) is 5.66. The summed E-state index contributed by atoms with van der Waals surface area (Å²) in [6.07, 6.45) is 1.70. The highest BCUT2D eigenvalue weighted by Crippen LogP contribution is 2.33. The maximum Gasteiger partial charge on any atom is 0.165 e. The Morgan fingerprint density at radius 1 is 1.22 bits per heavy atom. The molecule has 3 aromatic rings. The van der Waals surface area contributed by atoms with Gasteiger partial charge in [-0.2, -0.15) is 0 Å². The first-order valence-electron chi connectivity index (χ1n) is 5.50. The van der Waals surface area contributed by atoms with Crippen molar-refractivity contribution >= 4 is 27.3 Å². The number of nitrogens with zero attached hydrogens (tertiary/aromatic N) is 1. The summed E-state index contributed by atoms with van der Waals surface area (Å²) in [6, 6.07) is 10.0. The van der Waals surface area contributed by atoms with Crippen molar-refractivity contribution in [3.05, 3.63) is 52.0 Å². The molecule has 1 aromatic carbocycles. The lowest BCUT2D eigenvalue weighted by Gasteiger charge is -1.99. The molecule has 18 heavy (non-hydrogen) atoms. The molecule has 0 radical (unpaired) electrons. The highest BCUT2D eigenvalue weighted by molar-refractivity contribution is 9.10. The highest BCUT2D eigenvalue weighted by atomic mass is 79.9. The summed E-state index contributed by atoms with van der Waals surface area (Å²) in [5.41, 5.74) is 3.19. The van der Waals surface area contributed by atoms with Crippen LogP contribution in [-0.4, -0.2) is 4.98 Å². The van der Waals surface area contributed by atoms with Crippen molar-refractivity contribution < 1.29 is 4.42 Å². The summed E-state index contributed by atoms with van der Waals surface area (Å²) in [6.45, 7) is 2.03. The molecule has 2 heterocycles. The van der Waals surface area contributed by atoms with Gasteiger partial charge in [0.2, 0.25) is 0 Å². The van der Waals surface area contributed by atoms with Gasteiger partial charge in [-0.3, -0.25) is 0 Å². The van der Waals surface area contributed by atoms with Gasteiger partial charge in [-0.1, -0.05) is 34.1 Å². The molecule has 0 aliphatic heterocycles. The summed E-state index contributed by atoms with van der Waals surface area (Å²) in [7, 11) is 0. The van der Waals surface area contributed by atoms with Gasteiger partial charge in [-0.05, 0) is 24.6 Å². The van der Waals surface area contributed by atoms with Crippen LogP contribution in [0.25, 0.3) is 22.0 Å². The van der Waals surface area contributed by atoms with Crippen LogP contribution in [0, 0.1) is 6.92 Å². The van der Waals surface area contributed by atoms with Gasteiger partial charge >= 0.3 is 0 Å². The number of benzene rings is 1. The van der Waals surface area contributed by atoms with E-state index in [0.717, 1.165) is 32.1 Å². The third kappa shape index (κ3) is 2.02. The maximum absolute atomic E-state index is 5.47. The molecule has 3 rings (SSSR count). The van der Waals surface area contributed by atoms with E-state index in [1.54, 1.807) is 17.6 Å². The van der Waals surface area contributed by atoms with Crippen LogP contribution in [0.2, 0.25) is 0 Å². The molecular formula is C14H10BrNOS. The number of halogens is 1. The summed E-state index contributed by atoms with van der Waals surface area (Å²) >= 11 is 5.15. The molecule has 0 N–H and O–H groups in total. The largest absolute Gasteiger partial charge is 0.462 e. The van der Waals surface area contributed by atoms with Gasteiger partial charge in [0.15, 0.2) is 10.8 Å². The van der Waals surface area contributed by atoms with Crippen molar-refractivity contribution in [2.75, 3.05) is 0 Å². The van der Waals surface area contributed by atoms with E-state index in [2.05, 4.69) is 32.4 Å². The van der Waals surface area contributed by atoms with Crippen molar-refractivity contribution in [1.82, 2.24) is 4.98 Å². The zero-order valence-electron chi connectivity index (χ0n) is 9.68. The molecule has 2 nitrogen and oxygen atoms in total. The average Bonchev–Trinajstić information content (AvgIpc) is 2.98. The van der Waals surface area contributed by atoms with Crippen LogP contribution in [-0.2, 0) is 0 Å². The van der Waals surface area contributed by atoms with E-state index in [4.69, 9.17) is 4.42 Å². The first-order valence-corrected chi connectivity index (χ1v) is 7.18. The summed E-state index contributed by atoms with van der Waals surface area (Å²) in [4.78, 5) is 4.64. The van der Waals surface area contributed by atoms with Crippen LogP contribution in [0.1, 0.15) is 5.56 Å². The van der Waals surface area contributed by atoms with E-state index >= 15 is 0 Å². The van der Waals surface area contributed by atoms with Crippen molar-refractivity contribution in [1.29, 1.82) is 0 Å². The minimum absolute atomic E-state index is 0.860. The molecule has 0 saturated heterocycles. The summed E-state index contributed by atoms with van der Waals surface area (Å²) in [5, 5.41) is 2.97. The van der Waals surface area contributed by atoms with Gasteiger partial charge < -0.3 is 4.42 Å². The average molecular weight is 320 g/mol. The van der Waals surface area contributed by atoms with Crippen molar-refractivity contribution in [3.8, 4) is 22.0 Å². The van der Waals surface area contributed by atoms with E-state index in [1.807, 2.05) is 31.2 Å². The molecule has 2 aromatic heterocycles. The Labute approximate surface area is 117 Å². The fourth-order valence-corrected chi connectivity index (χ4v) is 3.12. The molecule has 0 atom stereocenters. The molecule has 0 amide bonds. The van der Waals surface area contributed by atoms with Crippen LogP contribution >= 0.6 is 27.3 Å². The summed E-state index contributed by atoms with van der Waals surface area (Å²) < 4.78 is 6.52. The predicted octanol–water partition coefficient (Wildman–Crippen LogP) is 5.14. The lowest BCUT2D eigenvalue weighted by Crippen LogP contribution is -1.80. The van der Waals surface area contributed by atoms with Crippen molar-refractivity contribution in [2.24, 2.45) is 0 Å². The Hall–Kier alpha value is -1.39. The van der Waals surface area contributed by atoms with Crippen LogP contribution in [0.3, 0.4) is 0 Å². The van der Waals surface area contributed by atoms with E-state index in [-0.39, 0.29) is 0 Å².